The first-order chi connectivity index (χ1) is 8.13. The van der Waals surface area contributed by atoms with Crippen LogP contribution in [0.4, 0.5) is 0 Å². The predicted molar refractivity (Wildman–Crippen MR) is 77.4 cm³/mol. The Bertz CT molecular complexity index is 438. The minimum Gasteiger partial charge on any atom is -0.358 e. The molecule has 0 saturated heterocycles. The SMILES string of the molecule is C=CCNC(=S)NN=Cc1ccc(C)cc1C. The molecule has 1 aromatic rings. The van der Waals surface area contributed by atoms with E-state index in [0.717, 1.165) is 5.56 Å². The molecule has 0 fully saturated rings. The van der Waals surface area contributed by atoms with Gasteiger partial charge in [-0.05, 0) is 37.2 Å². The lowest BCUT2D eigenvalue weighted by atomic mass is 10.1. The summed E-state index contributed by atoms with van der Waals surface area (Å²) in [7, 11) is 0. The maximum Gasteiger partial charge on any atom is 0.187 e. The van der Waals surface area contributed by atoms with E-state index >= 15 is 0 Å². The first-order valence-corrected chi connectivity index (χ1v) is 5.79. The van der Waals surface area contributed by atoms with E-state index in [1.165, 1.54) is 11.1 Å². The van der Waals surface area contributed by atoms with Crippen molar-refractivity contribution in [1.29, 1.82) is 0 Å². The fourth-order valence-electron chi connectivity index (χ4n) is 1.34. The fraction of sp³-hybridized carbons (Fsp3) is 0.231. The molecule has 17 heavy (non-hydrogen) atoms. The van der Waals surface area contributed by atoms with E-state index in [0.29, 0.717) is 11.7 Å². The van der Waals surface area contributed by atoms with E-state index in [9.17, 15) is 0 Å². The smallest absolute Gasteiger partial charge is 0.187 e. The molecule has 0 aromatic heterocycles. The molecule has 0 saturated carbocycles. The van der Waals surface area contributed by atoms with Gasteiger partial charge in [-0.25, -0.2) is 0 Å². The zero-order valence-corrected chi connectivity index (χ0v) is 11.0. The number of rotatable bonds is 4. The molecular formula is C13H17N3S. The standard InChI is InChI=1S/C13H17N3S/c1-4-7-14-13(17)16-15-9-12-6-5-10(2)8-11(12)3/h4-6,8-9H,1,7H2,2-3H3,(H2,14,16,17). The molecule has 0 amide bonds. The molecule has 4 heteroatoms. The summed E-state index contributed by atoms with van der Waals surface area (Å²) >= 11 is 5.00. The van der Waals surface area contributed by atoms with Crippen LogP contribution >= 0.6 is 12.2 Å². The molecule has 2 N–H and O–H groups in total. The van der Waals surface area contributed by atoms with Crippen LogP contribution in [0.3, 0.4) is 0 Å². The zero-order valence-electron chi connectivity index (χ0n) is 10.2. The molecule has 0 heterocycles. The Kier molecular flexibility index (Phi) is 5.36. The second-order valence-electron chi connectivity index (χ2n) is 3.73. The third-order valence-electron chi connectivity index (χ3n) is 2.20. The summed E-state index contributed by atoms with van der Waals surface area (Å²) in [6, 6.07) is 6.22. The van der Waals surface area contributed by atoms with Gasteiger partial charge in [0.1, 0.15) is 0 Å². The number of hydrogen-bond acceptors (Lipinski definition) is 2. The topological polar surface area (TPSA) is 36.4 Å². The molecule has 0 spiro atoms. The highest BCUT2D eigenvalue weighted by molar-refractivity contribution is 7.80. The lowest BCUT2D eigenvalue weighted by Crippen LogP contribution is -2.31. The van der Waals surface area contributed by atoms with Gasteiger partial charge in [0.2, 0.25) is 0 Å². The van der Waals surface area contributed by atoms with E-state index < -0.39 is 0 Å². The maximum atomic E-state index is 5.00. The van der Waals surface area contributed by atoms with Crippen LogP contribution in [0.1, 0.15) is 16.7 Å². The van der Waals surface area contributed by atoms with Gasteiger partial charge in [0.05, 0.1) is 6.21 Å². The Morgan fingerprint density at radius 2 is 2.24 bits per heavy atom. The Morgan fingerprint density at radius 3 is 2.88 bits per heavy atom. The van der Waals surface area contributed by atoms with Crippen LogP contribution < -0.4 is 10.7 Å². The maximum absolute atomic E-state index is 5.00. The highest BCUT2D eigenvalue weighted by Crippen LogP contribution is 2.07. The van der Waals surface area contributed by atoms with Crippen LogP contribution in [0.25, 0.3) is 0 Å². The molecule has 0 aliphatic carbocycles. The second-order valence-corrected chi connectivity index (χ2v) is 4.14. The van der Waals surface area contributed by atoms with E-state index in [2.05, 4.69) is 48.4 Å². The summed E-state index contributed by atoms with van der Waals surface area (Å²) in [5, 5.41) is 7.49. The summed E-state index contributed by atoms with van der Waals surface area (Å²) in [6.45, 7) is 8.35. The Balaban J connectivity index is 2.53. The molecule has 1 aromatic carbocycles. The Labute approximate surface area is 108 Å². The highest BCUT2D eigenvalue weighted by atomic mass is 32.1. The monoisotopic (exact) mass is 247 g/mol. The van der Waals surface area contributed by atoms with Gasteiger partial charge in [0.25, 0.3) is 0 Å². The summed E-state index contributed by atoms with van der Waals surface area (Å²) in [5.74, 6) is 0. The van der Waals surface area contributed by atoms with E-state index in [4.69, 9.17) is 12.2 Å². The quantitative estimate of drug-likeness (QED) is 0.371. The zero-order chi connectivity index (χ0) is 12.7. The molecule has 0 aliphatic rings. The minimum atomic E-state index is 0.492. The van der Waals surface area contributed by atoms with Gasteiger partial charge in [-0.15, -0.1) is 6.58 Å². The first kappa shape index (κ1) is 13.4. The fourth-order valence-corrected chi connectivity index (χ4v) is 1.47. The largest absolute Gasteiger partial charge is 0.358 e. The van der Waals surface area contributed by atoms with Crippen LogP contribution in [0.2, 0.25) is 0 Å². The first-order valence-electron chi connectivity index (χ1n) is 5.38. The van der Waals surface area contributed by atoms with Gasteiger partial charge in [0, 0.05) is 6.54 Å². The average Bonchev–Trinajstić information content (AvgIpc) is 2.29. The number of nitrogens with one attached hydrogen (secondary N) is 2. The average molecular weight is 247 g/mol. The van der Waals surface area contributed by atoms with E-state index in [1.807, 2.05) is 6.07 Å². The van der Waals surface area contributed by atoms with Crippen LogP contribution in [0.5, 0.6) is 0 Å². The van der Waals surface area contributed by atoms with Crippen molar-refractivity contribution in [3.8, 4) is 0 Å². The minimum absolute atomic E-state index is 0.492. The van der Waals surface area contributed by atoms with Gasteiger partial charge in [-0.1, -0.05) is 29.8 Å². The predicted octanol–water partition coefficient (Wildman–Crippen LogP) is 2.29. The third kappa shape index (κ3) is 4.78. The van der Waals surface area contributed by atoms with Crippen LogP contribution in [-0.4, -0.2) is 17.9 Å². The highest BCUT2D eigenvalue weighted by Gasteiger charge is 1.95. The molecule has 0 atom stereocenters. The van der Waals surface area contributed by atoms with Crippen molar-refractivity contribution in [2.24, 2.45) is 5.10 Å². The summed E-state index contributed by atoms with van der Waals surface area (Å²) < 4.78 is 0. The van der Waals surface area contributed by atoms with Crippen LogP contribution in [-0.2, 0) is 0 Å². The van der Waals surface area contributed by atoms with Crippen molar-refractivity contribution < 1.29 is 0 Å². The van der Waals surface area contributed by atoms with Crippen molar-refractivity contribution in [1.82, 2.24) is 10.7 Å². The van der Waals surface area contributed by atoms with Crippen molar-refractivity contribution in [3.05, 3.63) is 47.5 Å². The lowest BCUT2D eigenvalue weighted by molar-refractivity contribution is 0.941. The number of aryl methyl sites for hydroxylation is 2. The molecule has 1 rings (SSSR count). The molecule has 0 bridgehead atoms. The summed E-state index contributed by atoms with van der Waals surface area (Å²) in [6.07, 6.45) is 3.50. The second kappa shape index (κ2) is 6.81. The Morgan fingerprint density at radius 1 is 1.47 bits per heavy atom. The van der Waals surface area contributed by atoms with Crippen molar-refractivity contribution in [2.45, 2.75) is 13.8 Å². The third-order valence-corrected chi connectivity index (χ3v) is 2.44. The van der Waals surface area contributed by atoms with Crippen molar-refractivity contribution >= 4 is 23.5 Å². The Hall–Kier alpha value is -1.68. The number of benzene rings is 1. The van der Waals surface area contributed by atoms with E-state index in [1.54, 1.807) is 12.3 Å². The number of nitrogens with zero attached hydrogens (tertiary/aromatic N) is 1. The van der Waals surface area contributed by atoms with Crippen molar-refractivity contribution in [3.63, 3.8) is 0 Å². The normalized spacial score (nSPS) is 10.2. The summed E-state index contributed by atoms with van der Waals surface area (Å²) in [4.78, 5) is 0. The molecule has 0 radical (unpaired) electrons. The summed E-state index contributed by atoms with van der Waals surface area (Å²) in [5.41, 5.74) is 6.27. The van der Waals surface area contributed by atoms with Crippen LogP contribution in [0.15, 0.2) is 36.0 Å². The van der Waals surface area contributed by atoms with Gasteiger partial charge < -0.3 is 5.32 Å². The molecule has 0 aliphatic heterocycles. The van der Waals surface area contributed by atoms with Crippen molar-refractivity contribution in [2.75, 3.05) is 6.54 Å². The number of thiocarbonyl (C=S) groups is 1. The molecule has 0 unspecified atom stereocenters. The van der Waals surface area contributed by atoms with Crippen LogP contribution in [0, 0.1) is 13.8 Å². The lowest BCUT2D eigenvalue weighted by Gasteiger charge is -2.04. The van der Waals surface area contributed by atoms with Gasteiger partial charge in [0.15, 0.2) is 5.11 Å². The van der Waals surface area contributed by atoms with Gasteiger partial charge in [-0.2, -0.15) is 5.10 Å². The molecule has 90 valence electrons. The van der Waals surface area contributed by atoms with Gasteiger partial charge >= 0.3 is 0 Å². The molecular weight excluding hydrogens is 230 g/mol. The molecule has 3 nitrogen and oxygen atoms in total. The number of hydrogen-bond donors (Lipinski definition) is 2. The number of hydrazone groups is 1. The van der Waals surface area contributed by atoms with Gasteiger partial charge in [-0.3, -0.25) is 5.43 Å². The van der Waals surface area contributed by atoms with E-state index in [-0.39, 0.29) is 0 Å².